The van der Waals surface area contributed by atoms with Gasteiger partial charge in [0, 0.05) is 17.2 Å². The number of hydrogen-bond donors (Lipinski definition) is 3. The number of nitrogens with zero attached hydrogens (tertiary/aromatic N) is 1. The molecule has 0 saturated carbocycles. The van der Waals surface area contributed by atoms with Gasteiger partial charge in [-0.25, -0.2) is 8.42 Å². The molecule has 1 aromatic rings. The van der Waals surface area contributed by atoms with Crippen LogP contribution in [-0.4, -0.2) is 40.0 Å². The molecule has 12 heteroatoms. The van der Waals surface area contributed by atoms with E-state index in [4.69, 9.17) is 10.8 Å². The van der Waals surface area contributed by atoms with Crippen molar-refractivity contribution in [2.45, 2.75) is 16.7 Å². The van der Waals surface area contributed by atoms with Crippen LogP contribution < -0.4 is 11.1 Å². The molecule has 1 aliphatic heterocycles. The zero-order valence-electron chi connectivity index (χ0n) is 10.6. The van der Waals surface area contributed by atoms with Crippen LogP contribution in [-0.2, 0) is 24.7 Å². The van der Waals surface area contributed by atoms with E-state index in [9.17, 15) is 21.6 Å². The van der Waals surface area contributed by atoms with Crippen molar-refractivity contribution in [2.75, 3.05) is 11.6 Å². The summed E-state index contributed by atoms with van der Waals surface area (Å²) in [6.07, 6.45) is 0.299. The highest BCUT2D eigenvalue weighted by Gasteiger charge is 2.35. The molecule has 2 rings (SSSR count). The number of carbonyl (C=O) groups is 1. The number of carboxylic acids is 1. The lowest BCUT2D eigenvalue weighted by atomic mass is 10.3. The molecule has 0 radical (unpaired) electrons. The maximum absolute atomic E-state index is 12.1. The number of nitrogens with two attached hydrogens (primary N) is 1. The molecule has 0 saturated heterocycles. The average Bonchev–Trinajstić information content (AvgIpc) is 2.69. The second-order valence-electron chi connectivity index (χ2n) is 4.31. The Morgan fingerprint density at radius 3 is 2.71 bits per heavy atom. The second kappa shape index (κ2) is 5.05. The number of rotatable bonds is 4. The quantitative estimate of drug-likeness (QED) is 0.668. The van der Waals surface area contributed by atoms with E-state index in [0.717, 1.165) is 17.6 Å². The molecule has 21 heavy (non-hydrogen) atoms. The summed E-state index contributed by atoms with van der Waals surface area (Å²) < 4.78 is 50.5. The number of thiophene rings is 1. The predicted molar refractivity (Wildman–Crippen MR) is 76.6 cm³/mol. The fourth-order valence-electron chi connectivity index (χ4n) is 1.70. The van der Waals surface area contributed by atoms with E-state index >= 15 is 0 Å². The Morgan fingerprint density at radius 2 is 2.19 bits per heavy atom. The first-order valence-electron chi connectivity index (χ1n) is 5.41. The third-order valence-electron chi connectivity index (χ3n) is 2.60. The summed E-state index contributed by atoms with van der Waals surface area (Å²) in [4.78, 5) is 10.3. The standard InChI is InChI=1S/C9H11N3O6S3/c1-20(15,16)8(10)4-3-19-9-7(4)21(17,18)12-5(11-9)2-6(13)14/h3,8H,2,10H2,1H3,(H,11,12)(H,13,14). The molecule has 4 N–H and O–H groups in total. The molecule has 0 spiro atoms. The lowest BCUT2D eigenvalue weighted by molar-refractivity contribution is -0.135. The Bertz CT molecular complexity index is 836. The summed E-state index contributed by atoms with van der Waals surface area (Å²) in [5.74, 6) is -1.49. The van der Waals surface area contributed by atoms with Crippen LogP contribution in [0.2, 0.25) is 0 Å². The molecule has 0 aliphatic carbocycles. The second-order valence-corrected chi connectivity index (χ2v) is 8.90. The molecule has 1 unspecified atom stereocenters. The van der Waals surface area contributed by atoms with Gasteiger partial charge in [0.2, 0.25) is 0 Å². The van der Waals surface area contributed by atoms with Gasteiger partial charge in [0.25, 0.3) is 10.0 Å². The highest BCUT2D eigenvalue weighted by Crippen LogP contribution is 2.40. The Morgan fingerprint density at radius 1 is 1.57 bits per heavy atom. The van der Waals surface area contributed by atoms with Crippen LogP contribution >= 0.6 is 11.3 Å². The molecule has 0 amide bonds. The van der Waals surface area contributed by atoms with Gasteiger partial charge in [0.05, 0.1) is 0 Å². The van der Waals surface area contributed by atoms with Crippen LogP contribution in [0, 0.1) is 0 Å². The van der Waals surface area contributed by atoms with Gasteiger partial charge in [-0.3, -0.25) is 4.79 Å². The molecule has 0 aromatic carbocycles. The molecule has 1 aromatic heterocycles. The lowest BCUT2D eigenvalue weighted by Crippen LogP contribution is -2.26. The minimum atomic E-state index is -4.20. The van der Waals surface area contributed by atoms with E-state index in [0.29, 0.717) is 0 Å². The zero-order chi connectivity index (χ0) is 16.0. The van der Waals surface area contributed by atoms with Crippen molar-refractivity contribution in [1.82, 2.24) is 0 Å². The molecule has 9 nitrogen and oxygen atoms in total. The fraction of sp³-hybridized carbons (Fsp3) is 0.333. The minimum Gasteiger partial charge on any atom is -0.481 e. The third-order valence-corrected chi connectivity index (χ3v) is 6.24. The maximum Gasteiger partial charge on any atom is 0.311 e. The molecule has 0 fully saturated rings. The van der Waals surface area contributed by atoms with Gasteiger partial charge >= 0.3 is 5.97 Å². The van der Waals surface area contributed by atoms with Gasteiger partial charge in [0.1, 0.15) is 27.5 Å². The minimum absolute atomic E-state index is 0.0804. The van der Waals surface area contributed by atoms with Crippen molar-refractivity contribution in [3.8, 4) is 0 Å². The first-order chi connectivity index (χ1) is 9.52. The van der Waals surface area contributed by atoms with Crippen molar-refractivity contribution in [1.29, 1.82) is 0 Å². The molecule has 0 bridgehead atoms. The van der Waals surface area contributed by atoms with E-state index in [2.05, 4.69) is 9.71 Å². The number of fused-ring (bicyclic) bond motifs is 1. The van der Waals surface area contributed by atoms with Crippen molar-refractivity contribution >= 4 is 48.0 Å². The topological polar surface area (TPSA) is 156 Å². The van der Waals surface area contributed by atoms with Crippen LogP contribution in [0.5, 0.6) is 0 Å². The van der Waals surface area contributed by atoms with Gasteiger partial charge in [-0.2, -0.15) is 8.42 Å². The summed E-state index contributed by atoms with van der Waals surface area (Å²) in [7, 11) is -7.89. The van der Waals surface area contributed by atoms with Crippen LogP contribution in [0.4, 0.5) is 5.00 Å². The number of anilines is 1. The Kier molecular flexibility index (Phi) is 3.82. The highest BCUT2D eigenvalue weighted by atomic mass is 32.2. The van der Waals surface area contributed by atoms with Crippen molar-refractivity contribution in [2.24, 2.45) is 10.1 Å². The highest BCUT2D eigenvalue weighted by molar-refractivity contribution is 7.91. The largest absolute Gasteiger partial charge is 0.481 e. The van der Waals surface area contributed by atoms with Crippen molar-refractivity contribution in [3.63, 3.8) is 0 Å². The summed E-state index contributed by atoms with van der Waals surface area (Å²) in [6, 6.07) is 0. The molecule has 1 aliphatic rings. The fourth-order valence-corrected chi connectivity index (χ4v) is 5.22. The number of sulfonamides is 1. The summed E-state index contributed by atoms with van der Waals surface area (Å²) in [5.41, 5.74) is 5.48. The zero-order valence-corrected chi connectivity index (χ0v) is 13.0. The monoisotopic (exact) mass is 353 g/mol. The van der Waals surface area contributed by atoms with E-state index in [1.807, 2.05) is 0 Å². The van der Waals surface area contributed by atoms with E-state index in [1.54, 1.807) is 0 Å². The van der Waals surface area contributed by atoms with Crippen LogP contribution in [0.1, 0.15) is 17.4 Å². The van der Waals surface area contributed by atoms with Crippen LogP contribution in [0.3, 0.4) is 0 Å². The van der Waals surface area contributed by atoms with E-state index in [1.165, 1.54) is 5.38 Å². The predicted octanol–water partition coefficient (Wildman–Crippen LogP) is -0.263. The number of nitrogens with one attached hydrogen (secondary N) is 1. The lowest BCUT2D eigenvalue weighted by Gasteiger charge is -2.16. The first-order valence-corrected chi connectivity index (χ1v) is 9.68. The SMILES string of the molecule is CS(=O)(=O)C(N)c1csc2c1S(=O)(=O)N=C(CC(=O)O)N2. The first kappa shape index (κ1) is 15.9. The normalized spacial score (nSPS) is 18.3. The van der Waals surface area contributed by atoms with Gasteiger partial charge in [0.15, 0.2) is 9.84 Å². The van der Waals surface area contributed by atoms with Gasteiger partial charge in [-0.15, -0.1) is 15.7 Å². The van der Waals surface area contributed by atoms with E-state index in [-0.39, 0.29) is 21.3 Å². The smallest absolute Gasteiger partial charge is 0.311 e. The Labute approximate surface area is 124 Å². The number of hydrogen-bond acceptors (Lipinski definition) is 8. The van der Waals surface area contributed by atoms with Gasteiger partial charge < -0.3 is 16.2 Å². The van der Waals surface area contributed by atoms with E-state index < -0.39 is 37.6 Å². The van der Waals surface area contributed by atoms with Crippen LogP contribution in [0.25, 0.3) is 0 Å². The molecular weight excluding hydrogens is 342 g/mol. The van der Waals surface area contributed by atoms with Crippen molar-refractivity contribution < 1.29 is 26.7 Å². The molecule has 2 heterocycles. The maximum atomic E-state index is 12.1. The Balaban J connectivity index is 2.55. The van der Waals surface area contributed by atoms with Gasteiger partial charge in [-0.1, -0.05) is 0 Å². The molecular formula is C9H11N3O6S3. The summed E-state index contributed by atoms with van der Waals surface area (Å²) in [5, 5.41) is 11.2. The van der Waals surface area contributed by atoms with Gasteiger partial charge in [-0.05, 0) is 0 Å². The summed E-state index contributed by atoms with van der Waals surface area (Å²) in [6.45, 7) is 0. The molecule has 116 valence electrons. The van der Waals surface area contributed by atoms with Crippen LogP contribution in [0.15, 0.2) is 14.7 Å². The van der Waals surface area contributed by atoms with Crippen molar-refractivity contribution in [3.05, 3.63) is 10.9 Å². The number of amidine groups is 1. The number of aliphatic carboxylic acids is 1. The number of carboxylic acid groups (broad SMARTS) is 1. The molecule has 1 atom stereocenters. The Hall–Kier alpha value is -1.50. The third kappa shape index (κ3) is 3.07. The average molecular weight is 353 g/mol. The number of sulfone groups is 1. The summed E-state index contributed by atoms with van der Waals surface area (Å²) >= 11 is 0.921.